The predicted molar refractivity (Wildman–Crippen MR) is 138 cm³/mol. The van der Waals surface area contributed by atoms with Crippen molar-refractivity contribution in [1.29, 1.82) is 5.26 Å². The number of terminal acetylenes is 1. The number of ether oxygens (including phenoxy) is 1. The van der Waals surface area contributed by atoms with Crippen LogP contribution in [0.2, 0.25) is 0 Å². The van der Waals surface area contributed by atoms with Crippen LogP contribution in [0.15, 0.2) is 12.4 Å². The van der Waals surface area contributed by atoms with E-state index in [0.29, 0.717) is 40.4 Å². The highest BCUT2D eigenvalue weighted by molar-refractivity contribution is 5.88. The Hall–Kier alpha value is -4.17. The quantitative estimate of drug-likeness (QED) is 0.401. The maximum Gasteiger partial charge on any atom is 0.470 e. The Labute approximate surface area is 229 Å². The lowest BCUT2D eigenvalue weighted by Gasteiger charge is -2.23. The molecule has 4 rings (SSSR count). The average Bonchev–Trinajstić information content (AvgIpc) is 3.25. The van der Waals surface area contributed by atoms with E-state index in [0.717, 1.165) is 24.9 Å². The van der Waals surface area contributed by atoms with Gasteiger partial charge < -0.3 is 20.7 Å². The first kappa shape index (κ1) is 32.0. The molecule has 3 heterocycles. The van der Waals surface area contributed by atoms with E-state index in [1.54, 1.807) is 25.0 Å². The van der Waals surface area contributed by atoms with Crippen molar-refractivity contribution < 1.29 is 32.3 Å². The highest BCUT2D eigenvalue weighted by Gasteiger charge is 2.62. The minimum absolute atomic E-state index is 0.0439. The molecule has 2 aliphatic rings. The molecule has 1 aliphatic heterocycles. The van der Waals surface area contributed by atoms with Crippen molar-refractivity contribution in [2.75, 3.05) is 20.2 Å². The number of aromatic nitrogens is 3. The van der Waals surface area contributed by atoms with Crippen LogP contribution in [0.5, 0.6) is 0 Å². The normalized spacial score (nSPS) is 19.8. The number of methoxy groups -OCH3 is 1. The third kappa shape index (κ3) is 7.27. The van der Waals surface area contributed by atoms with E-state index in [1.807, 2.05) is 17.9 Å². The van der Waals surface area contributed by atoms with Crippen LogP contribution in [0, 0.1) is 40.9 Å². The SMILES string of the molecule is C#Cc1nn(C)c2cncc(C(C#N)NC=O)c12.CO[C@H](C)CC(=O)N1CC2C(C1)C2(C)C.NC(=O)C(F)(F)F. The van der Waals surface area contributed by atoms with Gasteiger partial charge in [0.15, 0.2) is 0 Å². The van der Waals surface area contributed by atoms with Gasteiger partial charge in [0, 0.05) is 44.4 Å². The number of fused-ring (bicyclic) bond motifs is 2. The summed E-state index contributed by atoms with van der Waals surface area (Å²) in [5.74, 6) is 1.97. The number of amides is 3. The zero-order chi connectivity index (χ0) is 30.4. The smallest absolute Gasteiger partial charge is 0.381 e. The average molecular weight is 564 g/mol. The number of primary amides is 1. The lowest BCUT2D eigenvalue weighted by Crippen LogP contribution is -2.34. The van der Waals surface area contributed by atoms with Crippen molar-refractivity contribution >= 4 is 29.1 Å². The van der Waals surface area contributed by atoms with Crippen LogP contribution < -0.4 is 11.1 Å². The van der Waals surface area contributed by atoms with Gasteiger partial charge in [-0.2, -0.15) is 23.5 Å². The molecule has 40 heavy (non-hydrogen) atoms. The number of nitriles is 1. The number of hydrogen-bond acceptors (Lipinski definition) is 7. The molecule has 14 heteroatoms. The molecule has 11 nitrogen and oxygen atoms in total. The third-order valence-electron chi connectivity index (χ3n) is 7.22. The second kappa shape index (κ2) is 12.8. The second-order valence-corrected chi connectivity index (χ2v) is 10.0. The maximum atomic E-state index is 11.8. The Kier molecular flexibility index (Phi) is 10.2. The van der Waals surface area contributed by atoms with Gasteiger partial charge in [-0.25, -0.2) is 0 Å². The van der Waals surface area contributed by atoms with Gasteiger partial charge in [-0.1, -0.05) is 13.8 Å². The minimum atomic E-state index is -4.86. The summed E-state index contributed by atoms with van der Waals surface area (Å²) in [5.41, 5.74) is 5.98. The van der Waals surface area contributed by atoms with E-state index < -0.39 is 18.1 Å². The van der Waals surface area contributed by atoms with Gasteiger partial charge >= 0.3 is 12.1 Å². The first-order valence-corrected chi connectivity index (χ1v) is 12.2. The molecule has 1 saturated carbocycles. The number of carbonyl (C=O) groups is 3. The van der Waals surface area contributed by atoms with Crippen molar-refractivity contribution in [1.82, 2.24) is 25.0 Å². The standard InChI is InChI=1S/C12H9N5O.C12H21NO2.C2H2F3NO/c1-3-9-12-8(10(4-13)15-7-18)5-14-6-11(12)17(2)16-9;1-8(15-4)5-11(14)13-6-9-10(7-13)12(9,2)3;3-2(4,5)1(6)7/h1,5-7,10H,2H3,(H,15,18);8-10H,5-7H2,1-4H3;(H2,6,7)/t;8-,9?,10?;/m.1./s1. The highest BCUT2D eigenvalue weighted by atomic mass is 19.4. The molecule has 3 N–H and O–H groups in total. The van der Waals surface area contributed by atoms with E-state index in [2.05, 4.69) is 40.9 Å². The summed E-state index contributed by atoms with van der Waals surface area (Å²) in [5, 5.41) is 16.3. The fourth-order valence-electron chi connectivity index (χ4n) is 4.60. The van der Waals surface area contributed by atoms with Crippen molar-refractivity contribution in [3.8, 4) is 18.4 Å². The van der Waals surface area contributed by atoms with Crippen LogP contribution in [0.4, 0.5) is 13.2 Å². The molecule has 216 valence electrons. The number of nitrogens with zero attached hydrogens (tertiary/aromatic N) is 5. The van der Waals surface area contributed by atoms with E-state index >= 15 is 0 Å². The topological polar surface area (TPSA) is 156 Å². The number of piperidine rings is 1. The zero-order valence-corrected chi connectivity index (χ0v) is 22.8. The lowest BCUT2D eigenvalue weighted by molar-refractivity contribution is -0.169. The van der Waals surface area contributed by atoms with Crippen LogP contribution in [0.3, 0.4) is 0 Å². The fourth-order valence-corrected chi connectivity index (χ4v) is 4.60. The molecular weight excluding hydrogens is 531 g/mol. The van der Waals surface area contributed by atoms with Gasteiger partial charge in [-0.05, 0) is 30.1 Å². The van der Waals surface area contributed by atoms with Gasteiger partial charge in [0.25, 0.3) is 0 Å². The summed E-state index contributed by atoms with van der Waals surface area (Å²) in [7, 11) is 3.39. The van der Waals surface area contributed by atoms with Gasteiger partial charge in [0.05, 0.1) is 30.3 Å². The number of nitrogens with one attached hydrogen (secondary N) is 1. The van der Waals surface area contributed by atoms with Gasteiger partial charge in [0.2, 0.25) is 12.3 Å². The summed E-state index contributed by atoms with van der Waals surface area (Å²) in [6, 6.07) is 1.19. The first-order valence-electron chi connectivity index (χ1n) is 12.2. The van der Waals surface area contributed by atoms with Gasteiger partial charge in [-0.3, -0.25) is 24.0 Å². The fraction of sp³-hybridized carbons (Fsp3) is 0.538. The molecule has 2 aromatic heterocycles. The molecule has 4 atom stereocenters. The van der Waals surface area contributed by atoms with Crippen molar-refractivity contribution in [3.05, 3.63) is 23.7 Å². The molecule has 0 aromatic carbocycles. The second-order valence-electron chi connectivity index (χ2n) is 10.0. The van der Waals surface area contributed by atoms with Crippen LogP contribution >= 0.6 is 0 Å². The minimum Gasteiger partial charge on any atom is -0.381 e. The number of hydrogen-bond donors (Lipinski definition) is 2. The van der Waals surface area contributed by atoms with E-state index in [4.69, 9.17) is 21.2 Å². The Morgan fingerprint density at radius 1 is 1.35 bits per heavy atom. The first-order chi connectivity index (χ1) is 18.6. The summed E-state index contributed by atoms with van der Waals surface area (Å²) >= 11 is 0. The van der Waals surface area contributed by atoms with Crippen molar-refractivity contribution in [2.45, 2.75) is 45.5 Å². The van der Waals surface area contributed by atoms with E-state index in [1.165, 1.54) is 6.20 Å². The monoisotopic (exact) mass is 563 g/mol. The number of aryl methyl sites for hydroxylation is 1. The maximum absolute atomic E-state index is 11.8. The molecule has 3 unspecified atom stereocenters. The van der Waals surface area contributed by atoms with Crippen LogP contribution in [-0.2, 0) is 26.2 Å². The van der Waals surface area contributed by atoms with Crippen molar-refractivity contribution in [3.63, 3.8) is 0 Å². The molecule has 0 radical (unpaired) electrons. The molecule has 1 aliphatic carbocycles. The predicted octanol–water partition coefficient (Wildman–Crippen LogP) is 1.82. The van der Waals surface area contributed by atoms with Gasteiger partial charge in [-0.15, -0.1) is 6.42 Å². The van der Waals surface area contributed by atoms with Crippen LogP contribution in [0.25, 0.3) is 10.9 Å². The molecule has 2 aromatic rings. The molecule has 0 spiro atoms. The number of alkyl halides is 3. The Bertz CT molecular complexity index is 1310. The van der Waals surface area contributed by atoms with E-state index in [9.17, 15) is 22.8 Å². The van der Waals surface area contributed by atoms with E-state index in [-0.39, 0.29) is 12.0 Å². The number of halogens is 3. The summed E-state index contributed by atoms with van der Waals surface area (Å²) in [6.07, 6.45) is 4.69. The summed E-state index contributed by atoms with van der Waals surface area (Å²) in [6.45, 7) is 8.49. The number of nitrogens with two attached hydrogens (primary N) is 1. The highest BCUT2D eigenvalue weighted by Crippen LogP contribution is 2.61. The van der Waals surface area contributed by atoms with Crippen molar-refractivity contribution in [2.24, 2.45) is 30.0 Å². The summed E-state index contributed by atoms with van der Waals surface area (Å²) < 4.78 is 38.8. The van der Waals surface area contributed by atoms with Crippen LogP contribution in [-0.4, -0.2) is 70.4 Å². The number of likely N-dealkylation sites (tertiary alicyclic amines) is 1. The van der Waals surface area contributed by atoms with Gasteiger partial charge in [0.1, 0.15) is 11.7 Å². The Morgan fingerprint density at radius 3 is 2.38 bits per heavy atom. The van der Waals surface area contributed by atoms with Crippen LogP contribution in [0.1, 0.15) is 44.5 Å². The Balaban J connectivity index is 0.000000230. The largest absolute Gasteiger partial charge is 0.470 e. The molecule has 3 amide bonds. The Morgan fingerprint density at radius 2 is 1.93 bits per heavy atom. The zero-order valence-electron chi connectivity index (χ0n) is 22.8. The summed E-state index contributed by atoms with van der Waals surface area (Å²) in [4.78, 5) is 37.5. The number of carbonyl (C=O) groups excluding carboxylic acids is 3. The lowest BCUT2D eigenvalue weighted by atomic mass is 10.0. The number of pyridine rings is 1. The molecule has 0 bridgehead atoms. The third-order valence-corrected chi connectivity index (χ3v) is 7.22. The molecular formula is C26H32F3N7O4. The molecule has 2 fully saturated rings. The number of rotatable bonds is 6. The molecule has 1 saturated heterocycles.